The van der Waals surface area contributed by atoms with E-state index in [1.54, 1.807) is 0 Å². The Hall–Kier alpha value is -3.08. The zero-order valence-electron chi connectivity index (χ0n) is 15.0. The van der Waals surface area contributed by atoms with Crippen molar-refractivity contribution in [1.29, 1.82) is 0 Å². The highest BCUT2D eigenvalue weighted by atomic mass is 35.5. The first-order valence-corrected chi connectivity index (χ1v) is 8.32. The molecule has 29 heavy (non-hydrogen) atoms. The van der Waals surface area contributed by atoms with E-state index < -0.39 is 53.0 Å². The third-order valence-corrected chi connectivity index (χ3v) is 4.62. The number of halogens is 4. The molecular weight excluding hydrogens is 421 g/mol. The highest BCUT2D eigenvalue weighted by molar-refractivity contribution is 6.34. The van der Waals surface area contributed by atoms with Crippen molar-refractivity contribution in [3.05, 3.63) is 60.9 Å². The number of aromatic nitrogens is 2. The summed E-state index contributed by atoms with van der Waals surface area (Å²) in [4.78, 5) is 47.2. The lowest BCUT2D eigenvalue weighted by molar-refractivity contribution is -0.144. The minimum absolute atomic E-state index is 0.0119. The molecule has 1 aromatic carbocycles. The van der Waals surface area contributed by atoms with Gasteiger partial charge >= 0.3 is 23.8 Å². The molecule has 0 aliphatic rings. The molecule has 0 aliphatic heterocycles. The lowest BCUT2D eigenvalue weighted by atomic mass is 9.95. The van der Waals surface area contributed by atoms with E-state index in [4.69, 9.17) is 16.7 Å². The van der Waals surface area contributed by atoms with Crippen LogP contribution in [0, 0.1) is 0 Å². The fraction of sp³-hybridized carbons (Fsp3) is 0.294. The smallest absolute Gasteiger partial charge is 0.431 e. The Morgan fingerprint density at radius 1 is 1.17 bits per heavy atom. The van der Waals surface area contributed by atoms with Crippen LogP contribution < -0.4 is 11.2 Å². The second-order valence-corrected chi connectivity index (χ2v) is 6.62. The Balaban J connectivity index is 2.86. The Morgan fingerprint density at radius 2 is 1.76 bits per heavy atom. The lowest BCUT2D eigenvalue weighted by Gasteiger charge is -2.18. The Bertz CT molecular complexity index is 1120. The van der Waals surface area contributed by atoms with Crippen molar-refractivity contribution in [3.8, 4) is 5.69 Å². The number of benzene rings is 1. The molecule has 0 saturated carbocycles. The fourth-order valence-corrected chi connectivity index (χ4v) is 3.16. The largest absolute Gasteiger partial charge is 0.481 e. The quantitative estimate of drug-likeness (QED) is 0.746. The van der Waals surface area contributed by atoms with Gasteiger partial charge in [0.1, 0.15) is 5.69 Å². The van der Waals surface area contributed by atoms with Gasteiger partial charge in [-0.25, -0.2) is 14.2 Å². The number of nitrogens with zero attached hydrogens (tertiary/aromatic N) is 2. The van der Waals surface area contributed by atoms with Gasteiger partial charge in [0.05, 0.1) is 22.7 Å². The molecule has 1 aromatic heterocycles. The summed E-state index contributed by atoms with van der Waals surface area (Å²) in [5.41, 5.74) is -5.05. The van der Waals surface area contributed by atoms with Gasteiger partial charge < -0.3 is 10.2 Å². The van der Waals surface area contributed by atoms with E-state index in [1.807, 2.05) is 0 Å². The SMILES string of the molecule is CC(CC(=O)O)c1cc(-n2c(=O)cc(C(F)(F)F)n(C)c2=O)cc(C(=O)O)c1Cl. The van der Waals surface area contributed by atoms with Gasteiger partial charge in [0.15, 0.2) is 0 Å². The van der Waals surface area contributed by atoms with Gasteiger partial charge in [0.25, 0.3) is 5.56 Å². The van der Waals surface area contributed by atoms with Crippen LogP contribution in [0.4, 0.5) is 13.2 Å². The van der Waals surface area contributed by atoms with Gasteiger partial charge in [-0.15, -0.1) is 0 Å². The van der Waals surface area contributed by atoms with Crippen LogP contribution in [0.5, 0.6) is 0 Å². The van der Waals surface area contributed by atoms with Crippen molar-refractivity contribution in [2.75, 3.05) is 0 Å². The summed E-state index contributed by atoms with van der Waals surface area (Å²) in [6.07, 6.45) is -5.40. The topological polar surface area (TPSA) is 119 Å². The number of hydrogen-bond acceptors (Lipinski definition) is 4. The first kappa shape index (κ1) is 22.2. The number of alkyl halides is 3. The maximum Gasteiger partial charge on any atom is 0.431 e. The monoisotopic (exact) mass is 434 g/mol. The molecule has 0 amide bonds. The minimum atomic E-state index is -4.96. The summed E-state index contributed by atoms with van der Waals surface area (Å²) in [6, 6.07) is 2.17. The molecule has 156 valence electrons. The van der Waals surface area contributed by atoms with Gasteiger partial charge in [-0.3, -0.25) is 14.2 Å². The van der Waals surface area contributed by atoms with E-state index in [2.05, 4.69) is 0 Å². The summed E-state index contributed by atoms with van der Waals surface area (Å²) in [5, 5.41) is 18.0. The van der Waals surface area contributed by atoms with Crippen molar-refractivity contribution in [2.45, 2.75) is 25.4 Å². The van der Waals surface area contributed by atoms with E-state index in [9.17, 15) is 37.5 Å². The molecule has 1 atom stereocenters. The molecule has 0 fully saturated rings. The number of hydrogen-bond donors (Lipinski definition) is 2. The number of carbonyl (C=O) groups is 2. The third kappa shape index (κ3) is 4.34. The number of carboxylic acids is 2. The predicted octanol–water partition coefficient (Wildman–Crippen LogP) is 2.48. The zero-order chi connectivity index (χ0) is 22.3. The van der Waals surface area contributed by atoms with Gasteiger partial charge in [-0.1, -0.05) is 18.5 Å². The number of aliphatic carboxylic acids is 1. The van der Waals surface area contributed by atoms with Crippen LogP contribution in [-0.4, -0.2) is 31.3 Å². The van der Waals surface area contributed by atoms with Crippen molar-refractivity contribution in [3.63, 3.8) is 0 Å². The highest BCUT2D eigenvalue weighted by Gasteiger charge is 2.35. The van der Waals surface area contributed by atoms with E-state index >= 15 is 0 Å². The fourth-order valence-electron chi connectivity index (χ4n) is 2.78. The van der Waals surface area contributed by atoms with Crippen LogP contribution in [0.2, 0.25) is 5.02 Å². The number of carboxylic acid groups (broad SMARTS) is 2. The number of aromatic carboxylic acids is 1. The summed E-state index contributed by atoms with van der Waals surface area (Å²) in [5.74, 6) is -3.55. The third-order valence-electron chi connectivity index (χ3n) is 4.20. The molecule has 1 heterocycles. The molecule has 8 nitrogen and oxygen atoms in total. The zero-order valence-corrected chi connectivity index (χ0v) is 15.7. The average molecular weight is 435 g/mol. The van der Waals surface area contributed by atoms with Crippen LogP contribution in [0.3, 0.4) is 0 Å². The summed E-state index contributed by atoms with van der Waals surface area (Å²) in [7, 11) is 0.809. The van der Waals surface area contributed by atoms with Crippen molar-refractivity contribution in [2.24, 2.45) is 7.05 Å². The van der Waals surface area contributed by atoms with Gasteiger partial charge in [0.2, 0.25) is 0 Å². The Morgan fingerprint density at radius 3 is 2.24 bits per heavy atom. The van der Waals surface area contributed by atoms with Gasteiger partial charge in [0, 0.05) is 13.1 Å². The van der Waals surface area contributed by atoms with Gasteiger partial charge in [-0.05, 0) is 23.6 Å². The van der Waals surface area contributed by atoms with E-state index in [-0.39, 0.29) is 26.9 Å². The van der Waals surface area contributed by atoms with Crippen molar-refractivity contribution in [1.82, 2.24) is 9.13 Å². The minimum Gasteiger partial charge on any atom is -0.481 e. The van der Waals surface area contributed by atoms with Crippen LogP contribution >= 0.6 is 11.6 Å². The average Bonchev–Trinajstić information content (AvgIpc) is 2.57. The second kappa shape index (κ2) is 7.74. The van der Waals surface area contributed by atoms with E-state index in [0.717, 1.165) is 19.2 Å². The summed E-state index contributed by atoms with van der Waals surface area (Å²) in [6.45, 7) is 1.43. The molecule has 0 saturated heterocycles. The number of rotatable bonds is 5. The van der Waals surface area contributed by atoms with Crippen LogP contribution in [-0.2, 0) is 18.0 Å². The van der Waals surface area contributed by atoms with Crippen LogP contribution in [0.25, 0.3) is 5.69 Å². The first-order valence-electron chi connectivity index (χ1n) is 7.94. The Labute approximate surface area is 165 Å². The van der Waals surface area contributed by atoms with Crippen LogP contribution in [0.1, 0.15) is 40.9 Å². The van der Waals surface area contributed by atoms with Gasteiger partial charge in [-0.2, -0.15) is 13.2 Å². The standard InChI is InChI=1S/C17H14ClF3N2O6/c1-7(3-13(25)26)9-4-8(5-10(14(9)18)15(27)28)23-12(24)6-11(17(19,20)21)22(2)16(23)29/h4-7H,3H2,1-2H3,(H,25,26)(H,27,28). The van der Waals surface area contributed by atoms with Crippen molar-refractivity contribution >= 4 is 23.5 Å². The van der Waals surface area contributed by atoms with E-state index in [1.165, 1.54) is 6.92 Å². The molecule has 2 aromatic rings. The maximum absolute atomic E-state index is 13.0. The lowest BCUT2D eigenvalue weighted by Crippen LogP contribution is -2.40. The predicted molar refractivity (Wildman–Crippen MR) is 94.9 cm³/mol. The molecular formula is C17H14ClF3N2O6. The van der Waals surface area contributed by atoms with E-state index in [0.29, 0.717) is 4.57 Å². The highest BCUT2D eigenvalue weighted by Crippen LogP contribution is 2.32. The molecule has 0 bridgehead atoms. The molecule has 2 rings (SSSR count). The van der Waals surface area contributed by atoms with Crippen molar-refractivity contribution < 1.29 is 33.0 Å². The normalized spacial score (nSPS) is 12.6. The Kier molecular flexibility index (Phi) is 5.93. The summed E-state index contributed by atoms with van der Waals surface area (Å²) >= 11 is 6.04. The molecule has 0 aliphatic carbocycles. The molecule has 2 N–H and O–H groups in total. The first-order chi connectivity index (χ1) is 13.3. The maximum atomic E-state index is 13.0. The second-order valence-electron chi connectivity index (χ2n) is 6.24. The molecule has 0 radical (unpaired) electrons. The molecule has 0 spiro atoms. The molecule has 1 unspecified atom stereocenters. The summed E-state index contributed by atoms with van der Waals surface area (Å²) < 4.78 is 39.6. The van der Waals surface area contributed by atoms with Crippen LogP contribution in [0.15, 0.2) is 27.8 Å². The molecule has 12 heteroatoms.